The first-order valence-corrected chi connectivity index (χ1v) is 5.15. The normalized spacial score (nSPS) is 26.2. The highest BCUT2D eigenvalue weighted by atomic mass is 16.7. The lowest BCUT2D eigenvalue weighted by molar-refractivity contribution is -0.145. The Hall–Kier alpha value is -1.99. The lowest BCUT2D eigenvalue weighted by Gasteiger charge is -2.18. The van der Waals surface area contributed by atoms with Gasteiger partial charge < -0.3 is 23.7 Å². The molecular weight excluding hydrogens is 248 g/mol. The maximum absolute atomic E-state index is 11.4. The highest BCUT2D eigenvalue weighted by molar-refractivity contribution is 5.76. The Morgan fingerprint density at radius 3 is 2.39 bits per heavy atom. The van der Waals surface area contributed by atoms with E-state index in [9.17, 15) is 14.4 Å². The zero-order chi connectivity index (χ0) is 13.7. The van der Waals surface area contributed by atoms with Crippen molar-refractivity contribution in [3.8, 4) is 0 Å². The van der Waals surface area contributed by atoms with Crippen molar-refractivity contribution in [1.29, 1.82) is 0 Å². The molecule has 0 aromatic heterocycles. The molecule has 0 aliphatic carbocycles. The Morgan fingerprint density at radius 1 is 1.22 bits per heavy atom. The van der Waals surface area contributed by atoms with E-state index in [1.807, 2.05) is 0 Å². The number of carbonyl (C=O) groups is 3. The topological polar surface area (TPSA) is 97.4 Å². The van der Waals surface area contributed by atoms with Gasteiger partial charge in [-0.3, -0.25) is 4.79 Å². The summed E-state index contributed by atoms with van der Waals surface area (Å²) in [6.45, 7) is 1.28. The molecule has 0 unspecified atom stereocenters. The van der Waals surface area contributed by atoms with Gasteiger partial charge in [0, 0.05) is 0 Å². The maximum Gasteiger partial charge on any atom is 0.508 e. The summed E-state index contributed by atoms with van der Waals surface area (Å²) in [5.41, 5.74) is 0. The summed E-state index contributed by atoms with van der Waals surface area (Å²) in [5, 5.41) is 0. The molecule has 1 aliphatic rings. The molecule has 1 heterocycles. The minimum atomic E-state index is -0.937. The largest absolute Gasteiger partial charge is 0.508 e. The van der Waals surface area contributed by atoms with Crippen LogP contribution in [0.2, 0.25) is 0 Å². The van der Waals surface area contributed by atoms with Crippen LogP contribution >= 0.6 is 0 Å². The molecular formula is C10H14O8. The minimum Gasteiger partial charge on any atom is -0.454 e. The van der Waals surface area contributed by atoms with Gasteiger partial charge >= 0.3 is 18.3 Å². The van der Waals surface area contributed by atoms with Crippen LogP contribution in [0.1, 0.15) is 6.92 Å². The predicted molar refractivity (Wildman–Crippen MR) is 54.7 cm³/mol. The summed E-state index contributed by atoms with van der Waals surface area (Å²) in [4.78, 5) is 33.2. The molecule has 1 saturated heterocycles. The molecule has 0 saturated carbocycles. The van der Waals surface area contributed by atoms with Crippen molar-refractivity contribution in [2.45, 2.75) is 19.1 Å². The maximum atomic E-state index is 11.4. The lowest BCUT2D eigenvalue weighted by Crippen LogP contribution is -2.35. The van der Waals surface area contributed by atoms with Gasteiger partial charge in [-0.05, 0) is 6.92 Å². The standard InChI is InChI=1S/C10H14O8/c1-5-7(18-10(13)15-3)6(17-8(5)11)4-16-9(12)14-2/h5-7H,4H2,1-3H3/t5-,6+,7-/m0/s1. The number of hydrogen-bond acceptors (Lipinski definition) is 8. The van der Waals surface area contributed by atoms with E-state index >= 15 is 0 Å². The predicted octanol–water partition coefficient (Wildman–Crippen LogP) is 0.482. The van der Waals surface area contributed by atoms with Crippen molar-refractivity contribution in [3.05, 3.63) is 0 Å². The van der Waals surface area contributed by atoms with Gasteiger partial charge in [-0.15, -0.1) is 0 Å². The summed E-state index contributed by atoms with van der Waals surface area (Å²) >= 11 is 0. The van der Waals surface area contributed by atoms with E-state index < -0.39 is 36.4 Å². The summed E-state index contributed by atoms with van der Waals surface area (Å²) in [6, 6.07) is 0. The number of carbonyl (C=O) groups excluding carboxylic acids is 3. The molecule has 0 bridgehead atoms. The van der Waals surface area contributed by atoms with Gasteiger partial charge in [0.1, 0.15) is 6.61 Å². The molecule has 1 aliphatic heterocycles. The van der Waals surface area contributed by atoms with Crippen LogP contribution in [0.25, 0.3) is 0 Å². The van der Waals surface area contributed by atoms with E-state index in [4.69, 9.17) is 9.47 Å². The van der Waals surface area contributed by atoms with Crippen LogP contribution in [0.15, 0.2) is 0 Å². The second kappa shape index (κ2) is 6.08. The highest BCUT2D eigenvalue weighted by Crippen LogP contribution is 2.25. The fraction of sp³-hybridized carbons (Fsp3) is 0.700. The average molecular weight is 262 g/mol. The molecule has 0 radical (unpaired) electrons. The van der Waals surface area contributed by atoms with Gasteiger partial charge in [-0.1, -0.05) is 0 Å². The number of esters is 1. The first-order chi connectivity index (χ1) is 8.49. The van der Waals surface area contributed by atoms with Crippen LogP contribution in [0, 0.1) is 5.92 Å². The number of hydrogen-bond donors (Lipinski definition) is 0. The van der Waals surface area contributed by atoms with Crippen molar-refractivity contribution >= 4 is 18.3 Å². The Bertz CT molecular complexity index is 339. The highest BCUT2D eigenvalue weighted by Gasteiger charge is 2.45. The molecule has 1 fully saturated rings. The SMILES string of the molecule is COC(=O)OC[C@H]1OC(=O)[C@@H](C)[C@@H]1OC(=O)OC. The molecule has 0 spiro atoms. The number of cyclic esters (lactones) is 1. The van der Waals surface area contributed by atoms with Crippen LogP contribution in [0.3, 0.4) is 0 Å². The van der Waals surface area contributed by atoms with E-state index in [1.54, 1.807) is 0 Å². The minimum absolute atomic E-state index is 0.260. The third-order valence-corrected chi connectivity index (χ3v) is 2.43. The van der Waals surface area contributed by atoms with E-state index in [0.717, 1.165) is 14.2 Å². The Labute approximate surface area is 103 Å². The molecule has 0 amide bonds. The first kappa shape index (κ1) is 14.1. The van der Waals surface area contributed by atoms with Crippen molar-refractivity contribution in [2.24, 2.45) is 5.92 Å². The van der Waals surface area contributed by atoms with E-state index in [0.29, 0.717) is 0 Å². The van der Waals surface area contributed by atoms with Crippen LogP contribution < -0.4 is 0 Å². The second-order valence-corrected chi connectivity index (χ2v) is 3.57. The molecule has 8 heteroatoms. The van der Waals surface area contributed by atoms with Crippen LogP contribution in [-0.4, -0.2) is 51.3 Å². The Balaban J connectivity index is 2.60. The summed E-state index contributed by atoms with van der Waals surface area (Å²) in [7, 11) is 2.29. The van der Waals surface area contributed by atoms with Gasteiger partial charge in [0.05, 0.1) is 20.1 Å². The zero-order valence-electron chi connectivity index (χ0n) is 10.2. The lowest BCUT2D eigenvalue weighted by atomic mass is 10.0. The third-order valence-electron chi connectivity index (χ3n) is 2.43. The van der Waals surface area contributed by atoms with E-state index in [-0.39, 0.29) is 6.61 Å². The van der Waals surface area contributed by atoms with E-state index in [1.165, 1.54) is 6.92 Å². The molecule has 3 atom stereocenters. The molecule has 0 N–H and O–H groups in total. The molecule has 0 aromatic carbocycles. The molecule has 1 rings (SSSR count). The van der Waals surface area contributed by atoms with Crippen LogP contribution in [-0.2, 0) is 28.5 Å². The van der Waals surface area contributed by atoms with Crippen LogP contribution in [0.5, 0.6) is 0 Å². The summed E-state index contributed by atoms with van der Waals surface area (Å²) in [6.07, 6.45) is -3.59. The summed E-state index contributed by atoms with van der Waals surface area (Å²) < 4.78 is 23.0. The van der Waals surface area contributed by atoms with Gasteiger partial charge in [-0.25, -0.2) is 9.59 Å². The summed E-state index contributed by atoms with van der Waals surface area (Å²) in [5.74, 6) is -1.20. The first-order valence-electron chi connectivity index (χ1n) is 5.15. The van der Waals surface area contributed by atoms with Crippen molar-refractivity contribution < 1.29 is 38.1 Å². The molecule has 8 nitrogen and oxygen atoms in total. The third kappa shape index (κ3) is 3.25. The monoisotopic (exact) mass is 262 g/mol. The molecule has 18 heavy (non-hydrogen) atoms. The molecule has 102 valence electrons. The Morgan fingerprint density at radius 2 is 1.83 bits per heavy atom. The number of methoxy groups -OCH3 is 2. The van der Waals surface area contributed by atoms with Gasteiger partial charge in [0.15, 0.2) is 12.2 Å². The average Bonchev–Trinajstić information content (AvgIpc) is 2.63. The van der Waals surface area contributed by atoms with E-state index in [2.05, 4.69) is 14.2 Å². The Kier molecular flexibility index (Phi) is 4.75. The molecule has 0 aromatic rings. The fourth-order valence-corrected chi connectivity index (χ4v) is 1.45. The van der Waals surface area contributed by atoms with Gasteiger partial charge in [-0.2, -0.15) is 0 Å². The quantitative estimate of drug-likeness (QED) is 0.535. The van der Waals surface area contributed by atoms with Gasteiger partial charge in [0.2, 0.25) is 0 Å². The van der Waals surface area contributed by atoms with Crippen LogP contribution in [0.4, 0.5) is 9.59 Å². The van der Waals surface area contributed by atoms with Gasteiger partial charge in [0.25, 0.3) is 0 Å². The zero-order valence-corrected chi connectivity index (χ0v) is 10.2. The van der Waals surface area contributed by atoms with Crippen molar-refractivity contribution in [1.82, 2.24) is 0 Å². The van der Waals surface area contributed by atoms with Crippen molar-refractivity contribution in [2.75, 3.05) is 20.8 Å². The smallest absolute Gasteiger partial charge is 0.454 e. The number of ether oxygens (including phenoxy) is 5. The van der Waals surface area contributed by atoms with Crippen molar-refractivity contribution in [3.63, 3.8) is 0 Å². The number of rotatable bonds is 3. The fourth-order valence-electron chi connectivity index (χ4n) is 1.45. The second-order valence-electron chi connectivity index (χ2n) is 3.57.